The Hall–Kier alpha value is -1.09. The van der Waals surface area contributed by atoms with E-state index in [1.165, 1.54) is 12.8 Å². The zero-order chi connectivity index (χ0) is 31.3. The number of hydrogen-bond donors (Lipinski definition) is 3. The van der Waals surface area contributed by atoms with Crippen molar-refractivity contribution in [3.63, 3.8) is 0 Å². The fourth-order valence-corrected chi connectivity index (χ4v) is 8.46. The fraction of sp³-hybridized carbons (Fsp3) is 0.933. The highest BCUT2D eigenvalue weighted by atomic mass is 35.5. The summed E-state index contributed by atoms with van der Waals surface area (Å²) in [6, 6.07) is -0.00371. The molecule has 0 aromatic rings. The minimum atomic E-state index is -4.01. The first kappa shape index (κ1) is 34.3. The summed E-state index contributed by atoms with van der Waals surface area (Å²) in [5.74, 6) is 0.263. The molecule has 14 heteroatoms. The second-order valence-electron chi connectivity index (χ2n) is 13.6. The van der Waals surface area contributed by atoms with Crippen LogP contribution < -0.4 is 10.6 Å². The number of carbonyl (C=O) groups excluding carboxylic acids is 2. The fourth-order valence-electron chi connectivity index (χ4n) is 7.71. The number of alkyl halides is 2. The van der Waals surface area contributed by atoms with E-state index in [2.05, 4.69) is 15.5 Å². The zero-order valence-electron chi connectivity index (χ0n) is 25.8. The van der Waals surface area contributed by atoms with Crippen LogP contribution in [-0.2, 0) is 24.4 Å². The van der Waals surface area contributed by atoms with Gasteiger partial charge in [-0.3, -0.25) is 29.7 Å². The van der Waals surface area contributed by atoms with Gasteiger partial charge in [0, 0.05) is 77.6 Å². The number of fused-ring (bicyclic) bond motifs is 1. The van der Waals surface area contributed by atoms with Crippen LogP contribution in [0.1, 0.15) is 70.6 Å². The number of carbonyl (C=O) groups is 2. The summed E-state index contributed by atoms with van der Waals surface area (Å²) in [6.07, 6.45) is 6.46. The van der Waals surface area contributed by atoms with Gasteiger partial charge in [-0.25, -0.2) is 4.39 Å². The highest BCUT2D eigenvalue weighted by Gasteiger charge is 2.49. The molecule has 3 N–H and O–H groups in total. The van der Waals surface area contributed by atoms with Crippen molar-refractivity contribution < 1.29 is 31.7 Å². The molecule has 5 fully saturated rings. The van der Waals surface area contributed by atoms with Crippen molar-refractivity contribution in [2.75, 3.05) is 58.2 Å². The zero-order valence-corrected chi connectivity index (χ0v) is 27.3. The highest BCUT2D eigenvalue weighted by molar-refractivity contribution is 7.85. The van der Waals surface area contributed by atoms with E-state index in [0.717, 1.165) is 45.4 Å². The van der Waals surface area contributed by atoms with Crippen LogP contribution in [0.4, 0.5) is 4.39 Å². The van der Waals surface area contributed by atoms with Gasteiger partial charge in [0.1, 0.15) is 12.5 Å². The molecule has 0 bridgehead atoms. The Labute approximate surface area is 266 Å². The Bertz CT molecular complexity index is 1070. The van der Waals surface area contributed by atoms with Crippen LogP contribution in [0.5, 0.6) is 0 Å². The number of hydrogen-bond acceptors (Lipinski definition) is 8. The van der Waals surface area contributed by atoms with Gasteiger partial charge in [-0.05, 0) is 63.2 Å². The SMILES string of the molecule is O=C(CC1CCC(OCCCC2CCN(C3NCC(Cl)CN3)CC2)CC1F)N1C[C@H]2CN(C(=O)CCCCS(=O)(=O)O)[C@H]2C1. The van der Waals surface area contributed by atoms with Crippen LogP contribution in [0.3, 0.4) is 0 Å². The molecule has 4 saturated heterocycles. The van der Waals surface area contributed by atoms with E-state index in [1.807, 2.05) is 0 Å². The summed E-state index contributed by atoms with van der Waals surface area (Å²) in [4.78, 5) is 31.6. The van der Waals surface area contributed by atoms with Gasteiger partial charge in [0.05, 0.1) is 23.3 Å². The summed E-state index contributed by atoms with van der Waals surface area (Å²) in [7, 11) is -4.01. The molecule has 0 aromatic carbocycles. The quantitative estimate of drug-likeness (QED) is 0.154. The Balaban J connectivity index is 0.920. The molecule has 4 heterocycles. The first-order chi connectivity index (χ1) is 21.1. The van der Waals surface area contributed by atoms with E-state index in [0.29, 0.717) is 51.4 Å². The maximum Gasteiger partial charge on any atom is 0.264 e. The summed E-state index contributed by atoms with van der Waals surface area (Å²) < 4.78 is 51.7. The number of halogens is 2. The third kappa shape index (κ3) is 9.48. The van der Waals surface area contributed by atoms with E-state index < -0.39 is 16.3 Å². The lowest BCUT2D eigenvalue weighted by atomic mass is 9.83. The third-order valence-corrected chi connectivity index (χ3v) is 11.6. The molecule has 3 unspecified atom stereocenters. The van der Waals surface area contributed by atoms with Gasteiger partial charge in [0.25, 0.3) is 10.1 Å². The van der Waals surface area contributed by atoms with Crippen LogP contribution in [0.25, 0.3) is 0 Å². The number of nitrogens with one attached hydrogen (secondary N) is 2. The largest absolute Gasteiger partial charge is 0.378 e. The summed E-state index contributed by atoms with van der Waals surface area (Å²) in [5, 5.41) is 7.10. The van der Waals surface area contributed by atoms with Crippen molar-refractivity contribution in [1.82, 2.24) is 25.3 Å². The maximum atomic E-state index is 15.1. The first-order valence-electron chi connectivity index (χ1n) is 16.7. The predicted octanol–water partition coefficient (Wildman–Crippen LogP) is 2.20. The van der Waals surface area contributed by atoms with Gasteiger partial charge in [0.2, 0.25) is 11.8 Å². The molecular weight excluding hydrogens is 613 g/mol. The van der Waals surface area contributed by atoms with Gasteiger partial charge in [0.15, 0.2) is 0 Å². The number of likely N-dealkylation sites (tertiary alicyclic amines) is 3. The first-order valence-corrected chi connectivity index (χ1v) is 18.7. The molecule has 1 saturated carbocycles. The average Bonchev–Trinajstić information content (AvgIpc) is 3.31. The Morgan fingerprint density at radius 3 is 2.43 bits per heavy atom. The van der Waals surface area contributed by atoms with Crippen molar-refractivity contribution >= 4 is 33.5 Å². The van der Waals surface area contributed by atoms with Gasteiger partial charge in [-0.1, -0.05) is 0 Å². The summed E-state index contributed by atoms with van der Waals surface area (Å²) >= 11 is 6.16. The van der Waals surface area contributed by atoms with Crippen LogP contribution in [0.2, 0.25) is 0 Å². The van der Waals surface area contributed by atoms with Crippen LogP contribution >= 0.6 is 11.6 Å². The lowest BCUT2D eigenvalue weighted by Crippen LogP contribution is -2.62. The molecule has 5 atom stereocenters. The van der Waals surface area contributed by atoms with Gasteiger partial charge >= 0.3 is 0 Å². The van der Waals surface area contributed by atoms with E-state index in [9.17, 15) is 18.0 Å². The number of rotatable bonds is 13. The molecule has 1 aliphatic carbocycles. The number of ether oxygens (including phenoxy) is 1. The molecule has 11 nitrogen and oxygen atoms in total. The van der Waals surface area contributed by atoms with E-state index >= 15 is 4.39 Å². The maximum absolute atomic E-state index is 15.1. The number of unbranched alkanes of at least 4 members (excludes halogenated alkanes) is 1. The third-order valence-electron chi connectivity index (χ3n) is 10.4. The monoisotopic (exact) mass is 663 g/mol. The topological polar surface area (TPSA) is 132 Å². The Morgan fingerprint density at radius 2 is 1.73 bits per heavy atom. The van der Waals surface area contributed by atoms with Gasteiger partial charge < -0.3 is 14.5 Å². The molecule has 2 amide bonds. The smallest absolute Gasteiger partial charge is 0.264 e. The van der Waals surface area contributed by atoms with Crippen LogP contribution in [-0.4, -0.2) is 128 Å². The molecule has 44 heavy (non-hydrogen) atoms. The van der Waals surface area contributed by atoms with Gasteiger partial charge in [-0.2, -0.15) is 8.42 Å². The molecule has 252 valence electrons. The standard InChI is InChI=1S/C30H51ClFN5O6S/c31-24-16-33-30(34-17-24)35-10-8-21(9-11-35)4-3-12-43-25-7-6-22(26(32)15-25)14-29(39)36-18-23-19-37(27(23)20-36)28(38)5-1-2-13-44(40,41)42/h21-27,30,33-34H,1-20H2,(H,40,41,42)/t22?,23-,24?,25?,26?,27-,30?/m0/s1. The van der Waals surface area contributed by atoms with Crippen molar-refractivity contribution in [2.45, 2.75) is 101 Å². The lowest BCUT2D eigenvalue weighted by Gasteiger charge is -2.43. The normalized spacial score (nSPS) is 33.7. The second-order valence-corrected chi connectivity index (χ2v) is 15.8. The average molecular weight is 664 g/mol. The predicted molar refractivity (Wildman–Crippen MR) is 165 cm³/mol. The van der Waals surface area contributed by atoms with E-state index in [1.54, 1.807) is 9.80 Å². The van der Waals surface area contributed by atoms with Crippen molar-refractivity contribution in [3.05, 3.63) is 0 Å². The second kappa shape index (κ2) is 15.7. The Kier molecular flexibility index (Phi) is 12.2. The molecule has 0 spiro atoms. The lowest BCUT2D eigenvalue weighted by molar-refractivity contribution is -0.141. The molecular formula is C30H51ClFN5O6S. The summed E-state index contributed by atoms with van der Waals surface area (Å²) in [5.41, 5.74) is 0. The van der Waals surface area contributed by atoms with Crippen LogP contribution in [0.15, 0.2) is 0 Å². The van der Waals surface area contributed by atoms with Crippen molar-refractivity contribution in [1.29, 1.82) is 0 Å². The Morgan fingerprint density at radius 1 is 0.977 bits per heavy atom. The van der Waals surface area contributed by atoms with E-state index in [4.69, 9.17) is 20.9 Å². The van der Waals surface area contributed by atoms with Crippen LogP contribution in [0, 0.1) is 17.8 Å². The van der Waals surface area contributed by atoms with E-state index in [-0.39, 0.29) is 72.5 Å². The molecule has 5 aliphatic rings. The summed E-state index contributed by atoms with van der Waals surface area (Å²) in [6.45, 7) is 6.18. The molecule has 4 aliphatic heterocycles. The number of piperidine rings is 1. The van der Waals surface area contributed by atoms with Crippen molar-refractivity contribution in [2.24, 2.45) is 17.8 Å². The number of nitrogens with zero attached hydrogens (tertiary/aromatic N) is 3. The van der Waals surface area contributed by atoms with Gasteiger partial charge in [-0.15, -0.1) is 11.6 Å². The highest BCUT2D eigenvalue weighted by Crippen LogP contribution is 2.36. The molecule has 0 radical (unpaired) electrons. The minimum absolute atomic E-state index is 0.00371. The molecule has 0 aromatic heterocycles. The minimum Gasteiger partial charge on any atom is -0.378 e. The number of amides is 2. The van der Waals surface area contributed by atoms with Crippen molar-refractivity contribution in [3.8, 4) is 0 Å². The molecule has 5 rings (SSSR count).